The summed E-state index contributed by atoms with van der Waals surface area (Å²) in [5.74, 6) is 2.08. The largest absolute Gasteiger partial charge is 0.494 e. The highest BCUT2D eigenvalue weighted by Crippen LogP contribution is 2.27. The van der Waals surface area contributed by atoms with E-state index in [1.54, 1.807) is 20.3 Å². The molecule has 2 aromatic carbocycles. The van der Waals surface area contributed by atoms with E-state index in [0.717, 1.165) is 16.9 Å². The van der Waals surface area contributed by atoms with Gasteiger partial charge in [0.25, 0.3) is 0 Å². The molecule has 0 bridgehead atoms. The molecular weight excluding hydrogens is 330 g/mol. The third kappa shape index (κ3) is 5.84. The van der Waals surface area contributed by atoms with Crippen LogP contribution < -0.4 is 19.5 Å². The van der Waals surface area contributed by atoms with Crippen LogP contribution in [0.15, 0.2) is 48.5 Å². The molecule has 0 aliphatic carbocycles. The molecule has 0 atom stereocenters. The molecule has 0 aliphatic rings. The average molecular weight is 355 g/mol. The molecule has 1 amide bonds. The second kappa shape index (κ2) is 10.1. The van der Waals surface area contributed by atoms with Gasteiger partial charge in [-0.05, 0) is 54.8 Å². The van der Waals surface area contributed by atoms with Crippen molar-refractivity contribution in [3.63, 3.8) is 0 Å². The maximum absolute atomic E-state index is 11.9. The topological polar surface area (TPSA) is 56.8 Å². The number of carbonyl (C=O) groups is 1. The van der Waals surface area contributed by atoms with Gasteiger partial charge >= 0.3 is 0 Å². The Balaban J connectivity index is 1.81. The van der Waals surface area contributed by atoms with Crippen LogP contribution in [0.3, 0.4) is 0 Å². The first-order valence-electron chi connectivity index (χ1n) is 8.56. The summed E-state index contributed by atoms with van der Waals surface area (Å²) in [7, 11) is 3.21. The molecule has 0 saturated carbocycles. The molecule has 138 valence electrons. The molecule has 0 aliphatic heterocycles. The lowest BCUT2D eigenvalue weighted by Gasteiger charge is -2.09. The van der Waals surface area contributed by atoms with E-state index in [1.165, 1.54) is 6.08 Å². The van der Waals surface area contributed by atoms with E-state index in [9.17, 15) is 4.79 Å². The standard InChI is InChI=1S/C21H25NO4/c1-4-26-18-9-5-16(6-10-18)8-12-21(23)22-14-13-17-7-11-19(24-2)20(15-17)25-3/h5-12,15H,4,13-14H2,1-3H3,(H,22,23). The van der Waals surface area contributed by atoms with Crippen LogP contribution in [0.5, 0.6) is 17.2 Å². The lowest BCUT2D eigenvalue weighted by Crippen LogP contribution is -2.23. The van der Waals surface area contributed by atoms with Crippen molar-refractivity contribution >= 4 is 12.0 Å². The maximum Gasteiger partial charge on any atom is 0.244 e. The molecule has 5 heteroatoms. The average Bonchev–Trinajstić information content (AvgIpc) is 2.67. The van der Waals surface area contributed by atoms with Gasteiger partial charge in [-0.1, -0.05) is 18.2 Å². The molecule has 0 spiro atoms. The van der Waals surface area contributed by atoms with Gasteiger partial charge in [0, 0.05) is 12.6 Å². The lowest BCUT2D eigenvalue weighted by molar-refractivity contribution is -0.116. The maximum atomic E-state index is 11.9. The zero-order valence-corrected chi connectivity index (χ0v) is 15.5. The number of hydrogen-bond acceptors (Lipinski definition) is 4. The van der Waals surface area contributed by atoms with Gasteiger partial charge in [0.1, 0.15) is 5.75 Å². The minimum Gasteiger partial charge on any atom is -0.494 e. The van der Waals surface area contributed by atoms with Gasteiger partial charge in [0.2, 0.25) is 5.91 Å². The first-order chi connectivity index (χ1) is 12.7. The third-order valence-corrected chi connectivity index (χ3v) is 3.78. The molecule has 2 aromatic rings. The van der Waals surface area contributed by atoms with Crippen molar-refractivity contribution in [2.45, 2.75) is 13.3 Å². The van der Waals surface area contributed by atoms with E-state index in [0.29, 0.717) is 31.1 Å². The zero-order valence-electron chi connectivity index (χ0n) is 15.5. The number of nitrogens with one attached hydrogen (secondary N) is 1. The highest BCUT2D eigenvalue weighted by Gasteiger charge is 2.04. The van der Waals surface area contributed by atoms with Gasteiger partial charge in [0.15, 0.2) is 11.5 Å². The summed E-state index contributed by atoms with van der Waals surface area (Å²) in [6.45, 7) is 3.12. The van der Waals surface area contributed by atoms with Gasteiger partial charge in [-0.15, -0.1) is 0 Å². The van der Waals surface area contributed by atoms with Crippen molar-refractivity contribution in [2.24, 2.45) is 0 Å². The molecular formula is C21H25NO4. The van der Waals surface area contributed by atoms with Crippen LogP contribution in [0.1, 0.15) is 18.1 Å². The van der Waals surface area contributed by atoms with E-state index in [4.69, 9.17) is 14.2 Å². The fourth-order valence-corrected chi connectivity index (χ4v) is 2.44. The summed E-state index contributed by atoms with van der Waals surface area (Å²) in [5, 5.41) is 2.88. The van der Waals surface area contributed by atoms with Crippen LogP contribution in [0.4, 0.5) is 0 Å². The molecule has 26 heavy (non-hydrogen) atoms. The monoisotopic (exact) mass is 355 g/mol. The van der Waals surface area contributed by atoms with Crippen molar-refractivity contribution in [1.29, 1.82) is 0 Å². The first kappa shape index (κ1) is 19.4. The molecule has 2 rings (SSSR count). The van der Waals surface area contributed by atoms with Gasteiger partial charge < -0.3 is 19.5 Å². The molecule has 1 N–H and O–H groups in total. The Kier molecular flexibility index (Phi) is 7.55. The van der Waals surface area contributed by atoms with E-state index in [2.05, 4.69) is 5.32 Å². The minimum atomic E-state index is -0.126. The molecule has 0 radical (unpaired) electrons. The van der Waals surface area contributed by atoms with E-state index in [1.807, 2.05) is 49.4 Å². The molecule has 0 heterocycles. The summed E-state index contributed by atoms with van der Waals surface area (Å²) in [5.41, 5.74) is 2.02. The second-order valence-electron chi connectivity index (χ2n) is 5.57. The van der Waals surface area contributed by atoms with Crippen LogP contribution in [-0.2, 0) is 11.2 Å². The number of amides is 1. The number of benzene rings is 2. The molecule has 0 fully saturated rings. The minimum absolute atomic E-state index is 0.126. The Morgan fingerprint density at radius 2 is 1.77 bits per heavy atom. The summed E-state index contributed by atoms with van der Waals surface area (Å²) in [6, 6.07) is 13.3. The third-order valence-electron chi connectivity index (χ3n) is 3.78. The second-order valence-corrected chi connectivity index (χ2v) is 5.57. The Morgan fingerprint density at radius 1 is 1.04 bits per heavy atom. The summed E-state index contributed by atoms with van der Waals surface area (Å²) < 4.78 is 15.9. The van der Waals surface area contributed by atoms with Crippen LogP contribution in [0, 0.1) is 0 Å². The molecule has 5 nitrogen and oxygen atoms in total. The molecule has 0 unspecified atom stereocenters. The van der Waals surface area contributed by atoms with Crippen molar-refractivity contribution in [3.8, 4) is 17.2 Å². The SMILES string of the molecule is CCOc1ccc(C=CC(=O)NCCc2ccc(OC)c(OC)c2)cc1. The fraction of sp³-hybridized carbons (Fsp3) is 0.286. The number of carbonyl (C=O) groups excluding carboxylic acids is 1. The van der Waals surface area contributed by atoms with Crippen LogP contribution >= 0.6 is 0 Å². The number of hydrogen-bond donors (Lipinski definition) is 1. The Hall–Kier alpha value is -2.95. The Bertz CT molecular complexity index is 738. The zero-order chi connectivity index (χ0) is 18.8. The van der Waals surface area contributed by atoms with Gasteiger partial charge in [-0.3, -0.25) is 4.79 Å². The molecule has 0 saturated heterocycles. The summed E-state index contributed by atoms with van der Waals surface area (Å²) in [6.07, 6.45) is 4.02. The van der Waals surface area contributed by atoms with Crippen LogP contribution in [0.25, 0.3) is 6.08 Å². The van der Waals surface area contributed by atoms with Crippen molar-refractivity contribution in [3.05, 3.63) is 59.7 Å². The number of methoxy groups -OCH3 is 2. The Labute approximate surface area is 154 Å². The van der Waals surface area contributed by atoms with E-state index >= 15 is 0 Å². The fourth-order valence-electron chi connectivity index (χ4n) is 2.44. The van der Waals surface area contributed by atoms with E-state index < -0.39 is 0 Å². The normalized spacial score (nSPS) is 10.6. The van der Waals surface area contributed by atoms with Crippen LogP contribution in [-0.4, -0.2) is 33.3 Å². The highest BCUT2D eigenvalue weighted by molar-refractivity contribution is 5.91. The highest BCUT2D eigenvalue weighted by atomic mass is 16.5. The van der Waals surface area contributed by atoms with Crippen molar-refractivity contribution in [1.82, 2.24) is 5.32 Å². The quantitative estimate of drug-likeness (QED) is 0.700. The van der Waals surface area contributed by atoms with Crippen molar-refractivity contribution < 1.29 is 19.0 Å². The lowest BCUT2D eigenvalue weighted by atomic mass is 10.1. The van der Waals surface area contributed by atoms with Gasteiger partial charge in [-0.2, -0.15) is 0 Å². The first-order valence-corrected chi connectivity index (χ1v) is 8.56. The van der Waals surface area contributed by atoms with Gasteiger partial charge in [-0.25, -0.2) is 0 Å². The number of ether oxygens (including phenoxy) is 3. The Morgan fingerprint density at radius 3 is 2.42 bits per heavy atom. The predicted molar refractivity (Wildman–Crippen MR) is 103 cm³/mol. The van der Waals surface area contributed by atoms with Crippen LogP contribution in [0.2, 0.25) is 0 Å². The molecule has 0 aromatic heterocycles. The smallest absolute Gasteiger partial charge is 0.244 e. The number of rotatable bonds is 9. The summed E-state index contributed by atoms with van der Waals surface area (Å²) in [4.78, 5) is 11.9. The summed E-state index contributed by atoms with van der Waals surface area (Å²) >= 11 is 0. The predicted octanol–water partition coefficient (Wildman–Crippen LogP) is 3.47. The van der Waals surface area contributed by atoms with Crippen molar-refractivity contribution in [2.75, 3.05) is 27.4 Å². The van der Waals surface area contributed by atoms with E-state index in [-0.39, 0.29) is 5.91 Å². The van der Waals surface area contributed by atoms with Gasteiger partial charge in [0.05, 0.1) is 20.8 Å².